The number of hydrogen-bond acceptors (Lipinski definition) is 3. The molecule has 3 nitrogen and oxygen atoms in total. The Morgan fingerprint density at radius 1 is 1.31 bits per heavy atom. The SMILES string of the molecule is COc1ccc(COC=O)cc1.[KH]. The van der Waals surface area contributed by atoms with E-state index in [0.29, 0.717) is 13.1 Å². The van der Waals surface area contributed by atoms with E-state index in [0.717, 1.165) is 11.3 Å². The van der Waals surface area contributed by atoms with Crippen molar-refractivity contribution in [2.24, 2.45) is 0 Å². The van der Waals surface area contributed by atoms with Gasteiger partial charge in [0.15, 0.2) is 0 Å². The quantitative estimate of drug-likeness (QED) is 0.538. The van der Waals surface area contributed by atoms with Crippen molar-refractivity contribution in [3.05, 3.63) is 29.8 Å². The summed E-state index contributed by atoms with van der Waals surface area (Å²) in [5.41, 5.74) is 0.947. The molecule has 0 unspecified atom stereocenters. The Bertz CT molecular complexity index is 246. The fourth-order valence-corrected chi connectivity index (χ4v) is 0.852. The number of rotatable bonds is 4. The summed E-state index contributed by atoms with van der Waals surface area (Å²) in [6.45, 7) is 0.748. The van der Waals surface area contributed by atoms with E-state index in [-0.39, 0.29) is 51.4 Å². The molecule has 0 radical (unpaired) electrons. The summed E-state index contributed by atoms with van der Waals surface area (Å²) in [5.74, 6) is 0.796. The second kappa shape index (κ2) is 7.52. The molecule has 0 aliphatic rings. The van der Waals surface area contributed by atoms with Crippen LogP contribution in [0.5, 0.6) is 5.75 Å². The van der Waals surface area contributed by atoms with Gasteiger partial charge in [0.2, 0.25) is 0 Å². The van der Waals surface area contributed by atoms with Crippen LogP contribution in [0.2, 0.25) is 0 Å². The molecular formula is C9H11KO3. The molecule has 0 fully saturated rings. The molecule has 0 N–H and O–H groups in total. The molecule has 1 aromatic carbocycles. The maximum atomic E-state index is 9.85. The van der Waals surface area contributed by atoms with Crippen molar-refractivity contribution in [2.75, 3.05) is 7.11 Å². The molecule has 66 valence electrons. The minimum atomic E-state index is 0. The van der Waals surface area contributed by atoms with Crippen LogP contribution >= 0.6 is 0 Å². The van der Waals surface area contributed by atoms with Crippen LogP contribution in [0, 0.1) is 0 Å². The average molecular weight is 206 g/mol. The predicted octanol–water partition coefficient (Wildman–Crippen LogP) is 0.720. The molecule has 0 aliphatic carbocycles. The van der Waals surface area contributed by atoms with Crippen LogP contribution in [-0.4, -0.2) is 65.0 Å². The molecule has 0 saturated heterocycles. The molecule has 0 saturated carbocycles. The van der Waals surface area contributed by atoms with Crippen LogP contribution in [0.3, 0.4) is 0 Å². The van der Waals surface area contributed by atoms with Crippen LogP contribution < -0.4 is 4.74 Å². The molecule has 0 heterocycles. The van der Waals surface area contributed by atoms with Crippen molar-refractivity contribution in [1.29, 1.82) is 0 Å². The number of ether oxygens (including phenoxy) is 2. The van der Waals surface area contributed by atoms with Gasteiger partial charge in [-0.3, -0.25) is 4.79 Å². The van der Waals surface area contributed by atoms with Crippen molar-refractivity contribution in [1.82, 2.24) is 0 Å². The molecule has 0 atom stereocenters. The number of hydrogen-bond donors (Lipinski definition) is 0. The van der Waals surface area contributed by atoms with E-state index in [1.54, 1.807) is 7.11 Å². The van der Waals surface area contributed by atoms with Crippen molar-refractivity contribution >= 4 is 57.9 Å². The topological polar surface area (TPSA) is 35.5 Å². The first-order valence-corrected chi connectivity index (χ1v) is 3.55. The second-order valence-corrected chi connectivity index (χ2v) is 2.26. The van der Waals surface area contributed by atoms with Crippen molar-refractivity contribution in [3.63, 3.8) is 0 Å². The zero-order valence-electron chi connectivity index (χ0n) is 6.82. The first-order chi connectivity index (χ1) is 5.86. The van der Waals surface area contributed by atoms with Gasteiger partial charge in [-0.05, 0) is 17.7 Å². The molecule has 0 aliphatic heterocycles. The third-order valence-corrected chi connectivity index (χ3v) is 1.48. The van der Waals surface area contributed by atoms with Crippen LogP contribution in [0.1, 0.15) is 5.56 Å². The number of carbonyl (C=O) groups is 1. The number of benzene rings is 1. The Kier molecular flexibility index (Phi) is 7.60. The summed E-state index contributed by atoms with van der Waals surface area (Å²) >= 11 is 0. The first-order valence-electron chi connectivity index (χ1n) is 3.55. The van der Waals surface area contributed by atoms with E-state index in [4.69, 9.17) is 4.74 Å². The normalized spacial score (nSPS) is 8.38. The van der Waals surface area contributed by atoms with Crippen LogP contribution in [0.25, 0.3) is 0 Å². The fraction of sp³-hybridized carbons (Fsp3) is 0.222. The van der Waals surface area contributed by atoms with E-state index >= 15 is 0 Å². The molecule has 0 spiro atoms. The minimum absolute atomic E-state index is 0. The fourth-order valence-electron chi connectivity index (χ4n) is 0.852. The third-order valence-electron chi connectivity index (χ3n) is 1.48. The van der Waals surface area contributed by atoms with Gasteiger partial charge < -0.3 is 9.47 Å². The first kappa shape index (κ1) is 13.1. The summed E-state index contributed by atoms with van der Waals surface area (Å²) in [5, 5.41) is 0. The van der Waals surface area contributed by atoms with Gasteiger partial charge in [-0.2, -0.15) is 0 Å². The van der Waals surface area contributed by atoms with E-state index < -0.39 is 0 Å². The molecule has 1 rings (SSSR count). The van der Waals surface area contributed by atoms with Gasteiger partial charge >= 0.3 is 51.4 Å². The Morgan fingerprint density at radius 3 is 2.38 bits per heavy atom. The van der Waals surface area contributed by atoms with Crippen molar-refractivity contribution in [2.45, 2.75) is 6.61 Å². The molecule has 0 amide bonds. The van der Waals surface area contributed by atoms with Gasteiger partial charge in [0.25, 0.3) is 6.47 Å². The standard InChI is InChI=1S/C9H10O3.K.H/c1-11-9-4-2-8(3-5-9)6-12-7-10;;/h2-5,7H,6H2,1H3;;. The van der Waals surface area contributed by atoms with E-state index in [1.807, 2.05) is 24.3 Å². The zero-order chi connectivity index (χ0) is 8.81. The second-order valence-electron chi connectivity index (χ2n) is 2.26. The molecule has 0 bridgehead atoms. The zero-order valence-corrected chi connectivity index (χ0v) is 6.82. The van der Waals surface area contributed by atoms with Gasteiger partial charge in [-0.15, -0.1) is 0 Å². The number of carbonyl (C=O) groups excluding carboxylic acids is 1. The third kappa shape index (κ3) is 4.78. The summed E-state index contributed by atoms with van der Waals surface area (Å²) in [6.07, 6.45) is 0. The van der Waals surface area contributed by atoms with Gasteiger partial charge in [-0.1, -0.05) is 12.1 Å². The molecular weight excluding hydrogens is 195 g/mol. The van der Waals surface area contributed by atoms with Crippen LogP contribution in [0.4, 0.5) is 0 Å². The molecule has 13 heavy (non-hydrogen) atoms. The van der Waals surface area contributed by atoms with E-state index in [1.165, 1.54) is 0 Å². The summed E-state index contributed by atoms with van der Waals surface area (Å²) in [7, 11) is 1.61. The molecule has 4 heteroatoms. The Hall–Kier alpha value is 0.126. The van der Waals surface area contributed by atoms with Crippen molar-refractivity contribution in [3.8, 4) is 5.75 Å². The number of methoxy groups -OCH3 is 1. The molecule has 0 aromatic heterocycles. The Labute approximate surface area is 120 Å². The summed E-state index contributed by atoms with van der Waals surface area (Å²) < 4.78 is 9.53. The Morgan fingerprint density at radius 2 is 1.92 bits per heavy atom. The van der Waals surface area contributed by atoms with Crippen LogP contribution in [0.15, 0.2) is 24.3 Å². The maximum absolute atomic E-state index is 9.85. The van der Waals surface area contributed by atoms with Gasteiger partial charge in [-0.25, -0.2) is 0 Å². The van der Waals surface area contributed by atoms with Gasteiger partial charge in [0.1, 0.15) is 12.4 Å². The van der Waals surface area contributed by atoms with Gasteiger partial charge in [0.05, 0.1) is 7.11 Å². The van der Waals surface area contributed by atoms with Crippen molar-refractivity contribution < 1.29 is 14.3 Å². The predicted molar refractivity (Wildman–Crippen MR) is 51.0 cm³/mol. The monoisotopic (exact) mass is 206 g/mol. The summed E-state index contributed by atoms with van der Waals surface area (Å²) in [4.78, 5) is 9.85. The molecule has 1 aromatic rings. The van der Waals surface area contributed by atoms with E-state index in [9.17, 15) is 4.79 Å². The van der Waals surface area contributed by atoms with Crippen LogP contribution in [-0.2, 0) is 16.1 Å². The van der Waals surface area contributed by atoms with Gasteiger partial charge in [0, 0.05) is 0 Å². The summed E-state index contributed by atoms with van der Waals surface area (Å²) in [6, 6.07) is 7.34. The average Bonchev–Trinajstić information content (AvgIpc) is 2.15. The van der Waals surface area contributed by atoms with E-state index in [2.05, 4.69) is 4.74 Å². The Balaban J connectivity index is 0.00000144.